The van der Waals surface area contributed by atoms with Crippen LogP contribution < -0.4 is 0 Å². The Bertz CT molecular complexity index is 341. The van der Waals surface area contributed by atoms with Gasteiger partial charge in [-0.25, -0.2) is 0 Å². The molecule has 0 radical (unpaired) electrons. The van der Waals surface area contributed by atoms with Gasteiger partial charge in [-0.15, -0.1) is 0 Å². The van der Waals surface area contributed by atoms with E-state index >= 15 is 0 Å². The topological polar surface area (TPSA) is 26.3 Å². The van der Waals surface area contributed by atoms with Gasteiger partial charge in [-0.05, 0) is 18.1 Å². The van der Waals surface area contributed by atoms with Crippen LogP contribution in [0.5, 0.6) is 0 Å². The average Bonchev–Trinajstić information content (AvgIpc) is 2.30. The summed E-state index contributed by atoms with van der Waals surface area (Å²) in [6, 6.07) is 9.76. The molecule has 1 unspecified atom stereocenters. The second-order valence-electron chi connectivity index (χ2n) is 3.84. The van der Waals surface area contributed by atoms with Crippen molar-refractivity contribution in [1.82, 2.24) is 0 Å². The summed E-state index contributed by atoms with van der Waals surface area (Å²) in [6.45, 7) is 3.95. The maximum atomic E-state index is 11.4. The molecule has 1 rings (SSSR count). The van der Waals surface area contributed by atoms with E-state index in [2.05, 4.69) is 6.92 Å². The molecule has 16 heavy (non-hydrogen) atoms. The van der Waals surface area contributed by atoms with Gasteiger partial charge in [0.25, 0.3) is 0 Å². The van der Waals surface area contributed by atoms with Crippen LogP contribution in [-0.4, -0.2) is 5.97 Å². The minimum Gasteiger partial charge on any atom is -0.434 e. The molecule has 0 bridgehead atoms. The van der Waals surface area contributed by atoms with Gasteiger partial charge in [0, 0.05) is 0 Å². The maximum absolute atomic E-state index is 11.4. The van der Waals surface area contributed by atoms with Crippen molar-refractivity contribution in [3.05, 3.63) is 42.2 Å². The molecule has 0 saturated carbocycles. The van der Waals surface area contributed by atoms with Crippen LogP contribution in [-0.2, 0) is 9.53 Å². The molecule has 0 aliphatic rings. The molecule has 1 aromatic carbocycles. The van der Waals surface area contributed by atoms with Crippen LogP contribution in [0.3, 0.4) is 0 Å². The van der Waals surface area contributed by atoms with Crippen molar-refractivity contribution in [2.45, 2.75) is 26.7 Å². The van der Waals surface area contributed by atoms with E-state index in [1.807, 2.05) is 37.3 Å². The predicted molar refractivity (Wildman–Crippen MR) is 65.6 cm³/mol. The summed E-state index contributed by atoms with van der Waals surface area (Å²) in [4.78, 5) is 11.4. The summed E-state index contributed by atoms with van der Waals surface area (Å²) < 4.78 is 5.04. The Morgan fingerprint density at radius 3 is 2.69 bits per heavy atom. The number of ether oxygens (including phenoxy) is 1. The molecule has 0 N–H and O–H groups in total. The molecule has 0 spiro atoms. The quantitative estimate of drug-likeness (QED) is 0.557. The minimum atomic E-state index is -0.158. The summed E-state index contributed by atoms with van der Waals surface area (Å²) in [7, 11) is 0. The molecule has 0 fully saturated rings. The van der Waals surface area contributed by atoms with Gasteiger partial charge in [-0.2, -0.15) is 0 Å². The van der Waals surface area contributed by atoms with Crippen LogP contribution in [0, 0.1) is 5.92 Å². The molecule has 2 heteroatoms. The van der Waals surface area contributed by atoms with Crippen LogP contribution in [0.1, 0.15) is 32.3 Å². The molecule has 2 nitrogen and oxygen atoms in total. The normalized spacial score (nSPS) is 12.6. The third-order valence-corrected chi connectivity index (χ3v) is 2.37. The van der Waals surface area contributed by atoms with Crippen molar-refractivity contribution < 1.29 is 9.53 Å². The Kier molecular flexibility index (Phi) is 5.34. The van der Waals surface area contributed by atoms with Gasteiger partial charge in [0.15, 0.2) is 0 Å². The lowest BCUT2D eigenvalue weighted by molar-refractivity contribution is -0.142. The number of carbonyl (C=O) groups excluding carboxylic acids is 1. The van der Waals surface area contributed by atoms with Crippen LogP contribution in [0.4, 0.5) is 0 Å². The molecule has 0 heterocycles. The summed E-state index contributed by atoms with van der Waals surface area (Å²) in [5.41, 5.74) is 1.03. The van der Waals surface area contributed by atoms with Gasteiger partial charge in [0.05, 0.1) is 12.2 Å². The van der Waals surface area contributed by atoms with Crippen LogP contribution in [0.25, 0.3) is 6.08 Å². The Morgan fingerprint density at radius 2 is 2.06 bits per heavy atom. The highest BCUT2D eigenvalue weighted by Crippen LogP contribution is 2.08. The van der Waals surface area contributed by atoms with Crippen LogP contribution in [0.15, 0.2) is 36.6 Å². The Balaban J connectivity index is 2.40. The first-order valence-corrected chi connectivity index (χ1v) is 5.66. The Labute approximate surface area is 96.9 Å². The van der Waals surface area contributed by atoms with Crippen molar-refractivity contribution in [3.8, 4) is 0 Å². The first-order valence-electron chi connectivity index (χ1n) is 5.66. The molecular weight excluding hydrogens is 200 g/mol. The lowest BCUT2D eigenvalue weighted by Crippen LogP contribution is -2.11. The van der Waals surface area contributed by atoms with E-state index in [0.717, 1.165) is 18.4 Å². The smallest absolute Gasteiger partial charge is 0.313 e. The number of benzene rings is 1. The van der Waals surface area contributed by atoms with Crippen molar-refractivity contribution >= 4 is 12.0 Å². The number of rotatable bonds is 5. The number of hydrogen-bond donors (Lipinski definition) is 0. The average molecular weight is 218 g/mol. The monoisotopic (exact) mass is 218 g/mol. The summed E-state index contributed by atoms with van der Waals surface area (Å²) in [5.74, 6) is -0.181. The molecule has 0 aliphatic carbocycles. The first-order chi connectivity index (χ1) is 7.74. The van der Waals surface area contributed by atoms with E-state index in [1.54, 1.807) is 6.08 Å². The maximum Gasteiger partial charge on any atom is 0.313 e. The summed E-state index contributed by atoms with van der Waals surface area (Å²) in [5, 5.41) is 0. The highest BCUT2D eigenvalue weighted by Gasteiger charge is 2.11. The number of carbonyl (C=O) groups is 1. The van der Waals surface area contributed by atoms with Gasteiger partial charge in [0.1, 0.15) is 0 Å². The van der Waals surface area contributed by atoms with Crippen molar-refractivity contribution in [2.24, 2.45) is 5.92 Å². The van der Waals surface area contributed by atoms with Gasteiger partial charge in [0.2, 0.25) is 0 Å². The lowest BCUT2D eigenvalue weighted by Gasteiger charge is -2.06. The van der Waals surface area contributed by atoms with Crippen LogP contribution >= 0.6 is 0 Å². The fourth-order valence-corrected chi connectivity index (χ4v) is 1.41. The molecule has 0 amide bonds. The number of esters is 1. The molecule has 0 aliphatic heterocycles. The Hall–Kier alpha value is -1.57. The lowest BCUT2D eigenvalue weighted by atomic mass is 10.1. The van der Waals surface area contributed by atoms with Gasteiger partial charge >= 0.3 is 5.97 Å². The van der Waals surface area contributed by atoms with Gasteiger partial charge < -0.3 is 4.74 Å². The zero-order valence-corrected chi connectivity index (χ0v) is 9.85. The molecule has 0 saturated heterocycles. The minimum absolute atomic E-state index is 0.0228. The second-order valence-corrected chi connectivity index (χ2v) is 3.84. The third-order valence-electron chi connectivity index (χ3n) is 2.37. The van der Waals surface area contributed by atoms with Gasteiger partial charge in [-0.1, -0.05) is 50.6 Å². The van der Waals surface area contributed by atoms with E-state index in [9.17, 15) is 4.79 Å². The second kappa shape index (κ2) is 6.83. The third kappa shape index (κ3) is 4.30. The molecule has 86 valence electrons. The molecule has 1 aromatic rings. The van der Waals surface area contributed by atoms with E-state index in [4.69, 9.17) is 4.74 Å². The molecule has 0 aromatic heterocycles. The van der Waals surface area contributed by atoms with E-state index in [1.165, 1.54) is 6.26 Å². The van der Waals surface area contributed by atoms with Crippen molar-refractivity contribution in [3.63, 3.8) is 0 Å². The largest absolute Gasteiger partial charge is 0.434 e. The van der Waals surface area contributed by atoms with Crippen molar-refractivity contribution in [2.75, 3.05) is 0 Å². The SMILES string of the molecule is CCCC(C)C(=O)O/C=C/c1ccccc1. The van der Waals surface area contributed by atoms with Crippen molar-refractivity contribution in [1.29, 1.82) is 0 Å². The first kappa shape index (κ1) is 12.5. The van der Waals surface area contributed by atoms with E-state index in [-0.39, 0.29) is 11.9 Å². The standard InChI is InChI=1S/C14H18O2/c1-3-7-12(2)14(15)16-11-10-13-8-5-4-6-9-13/h4-6,8-12H,3,7H2,1-2H3/b11-10+. The molecular formula is C14H18O2. The summed E-state index contributed by atoms with van der Waals surface area (Å²) >= 11 is 0. The fourth-order valence-electron chi connectivity index (χ4n) is 1.41. The fraction of sp³-hybridized carbons (Fsp3) is 0.357. The van der Waals surface area contributed by atoms with Gasteiger partial charge in [-0.3, -0.25) is 4.79 Å². The Morgan fingerprint density at radius 1 is 1.38 bits per heavy atom. The zero-order chi connectivity index (χ0) is 11.8. The number of hydrogen-bond acceptors (Lipinski definition) is 2. The van der Waals surface area contributed by atoms with E-state index < -0.39 is 0 Å². The van der Waals surface area contributed by atoms with Crippen LogP contribution in [0.2, 0.25) is 0 Å². The highest BCUT2D eigenvalue weighted by molar-refractivity contribution is 5.73. The molecule has 1 atom stereocenters. The van der Waals surface area contributed by atoms with E-state index in [0.29, 0.717) is 0 Å². The highest BCUT2D eigenvalue weighted by atomic mass is 16.5. The zero-order valence-electron chi connectivity index (χ0n) is 9.85. The summed E-state index contributed by atoms with van der Waals surface area (Å²) in [6.07, 6.45) is 5.12. The predicted octanol–water partition coefficient (Wildman–Crippen LogP) is 3.64.